The number of hydrogen-bond acceptors (Lipinski definition) is 4. The molecule has 1 saturated heterocycles. The van der Waals surface area contributed by atoms with Crippen LogP contribution in [-0.4, -0.2) is 50.3 Å². The lowest BCUT2D eigenvalue weighted by atomic mass is 10.1. The summed E-state index contributed by atoms with van der Waals surface area (Å²) < 4.78 is 30.3. The summed E-state index contributed by atoms with van der Waals surface area (Å²) >= 11 is 0. The molecule has 0 aromatic heterocycles. The van der Waals surface area contributed by atoms with Crippen molar-refractivity contribution in [1.82, 2.24) is 9.62 Å². The second kappa shape index (κ2) is 7.69. The number of ether oxygens (including phenoxy) is 1. The molecule has 1 N–H and O–H groups in total. The number of sulfonamides is 1. The van der Waals surface area contributed by atoms with Crippen LogP contribution in [0.2, 0.25) is 0 Å². The van der Waals surface area contributed by atoms with Gasteiger partial charge in [-0.15, -0.1) is 0 Å². The molecule has 0 unspecified atom stereocenters. The second-order valence-electron chi connectivity index (χ2n) is 4.71. The molecule has 0 aromatic carbocycles. The molecule has 0 radical (unpaired) electrons. The molecule has 19 heavy (non-hydrogen) atoms. The maximum atomic E-state index is 12.0. The summed E-state index contributed by atoms with van der Waals surface area (Å²) in [5.41, 5.74) is 0. The Morgan fingerprint density at radius 2 is 1.95 bits per heavy atom. The molecule has 112 valence electrons. The third-order valence-electron chi connectivity index (χ3n) is 3.20. The third-order valence-corrected chi connectivity index (χ3v) is 5.16. The Hall–Kier alpha value is -0.820. The largest absolute Gasteiger partial charge is 0.450 e. The molecule has 1 aliphatic rings. The SMILES string of the molecule is CCCCS(=O)(=O)N1CCC(NC(=O)OCC)CC1. The first-order valence-electron chi connectivity index (χ1n) is 6.90. The van der Waals surface area contributed by atoms with E-state index in [1.807, 2.05) is 6.92 Å². The highest BCUT2D eigenvalue weighted by atomic mass is 32.2. The van der Waals surface area contributed by atoms with E-state index in [2.05, 4.69) is 5.32 Å². The van der Waals surface area contributed by atoms with Crippen molar-refractivity contribution in [3.05, 3.63) is 0 Å². The molecule has 7 heteroatoms. The number of nitrogens with zero attached hydrogens (tertiary/aromatic N) is 1. The van der Waals surface area contributed by atoms with Gasteiger partial charge in [0.05, 0.1) is 12.4 Å². The topological polar surface area (TPSA) is 75.7 Å². The van der Waals surface area contributed by atoms with Gasteiger partial charge in [-0.25, -0.2) is 17.5 Å². The van der Waals surface area contributed by atoms with Crippen LogP contribution in [0.3, 0.4) is 0 Å². The smallest absolute Gasteiger partial charge is 0.407 e. The maximum absolute atomic E-state index is 12.0. The molecule has 0 spiro atoms. The van der Waals surface area contributed by atoms with E-state index < -0.39 is 16.1 Å². The Balaban J connectivity index is 2.38. The molecule has 0 bridgehead atoms. The van der Waals surface area contributed by atoms with E-state index in [0.717, 1.165) is 6.42 Å². The Kier molecular flexibility index (Phi) is 6.57. The fraction of sp³-hybridized carbons (Fsp3) is 0.917. The molecule has 0 saturated carbocycles. The van der Waals surface area contributed by atoms with Crippen LogP contribution in [0, 0.1) is 0 Å². The minimum Gasteiger partial charge on any atom is -0.450 e. The molecule has 0 aromatic rings. The summed E-state index contributed by atoms with van der Waals surface area (Å²) in [6.07, 6.45) is 2.44. The van der Waals surface area contributed by atoms with E-state index in [9.17, 15) is 13.2 Å². The van der Waals surface area contributed by atoms with Gasteiger partial charge in [-0.2, -0.15) is 0 Å². The van der Waals surface area contributed by atoms with Gasteiger partial charge in [0.2, 0.25) is 10.0 Å². The lowest BCUT2D eigenvalue weighted by Gasteiger charge is -2.31. The zero-order valence-corrected chi connectivity index (χ0v) is 12.5. The Morgan fingerprint density at radius 1 is 1.32 bits per heavy atom. The van der Waals surface area contributed by atoms with Crippen LogP contribution in [0.5, 0.6) is 0 Å². The predicted octanol–water partition coefficient (Wildman–Crippen LogP) is 1.33. The lowest BCUT2D eigenvalue weighted by molar-refractivity contribution is 0.143. The number of rotatable bonds is 6. The van der Waals surface area contributed by atoms with Gasteiger partial charge in [0, 0.05) is 19.1 Å². The standard InChI is InChI=1S/C12H24N2O4S/c1-3-5-10-19(16,17)14-8-6-11(7-9-14)13-12(15)18-4-2/h11H,3-10H2,1-2H3,(H,13,15). The number of alkyl carbamates (subject to hydrolysis) is 1. The number of piperidine rings is 1. The number of amides is 1. The second-order valence-corrected chi connectivity index (χ2v) is 6.80. The highest BCUT2D eigenvalue weighted by Crippen LogP contribution is 2.15. The number of unbranched alkanes of at least 4 members (excludes halogenated alkanes) is 1. The van der Waals surface area contributed by atoms with Crippen molar-refractivity contribution < 1.29 is 17.9 Å². The Morgan fingerprint density at radius 3 is 2.47 bits per heavy atom. The van der Waals surface area contributed by atoms with Gasteiger partial charge in [0.25, 0.3) is 0 Å². The van der Waals surface area contributed by atoms with Crippen molar-refractivity contribution in [1.29, 1.82) is 0 Å². The van der Waals surface area contributed by atoms with Gasteiger partial charge >= 0.3 is 6.09 Å². The minimum absolute atomic E-state index is 0.0108. The zero-order valence-electron chi connectivity index (χ0n) is 11.7. The summed E-state index contributed by atoms with van der Waals surface area (Å²) in [6, 6.07) is 0.0108. The van der Waals surface area contributed by atoms with E-state index in [-0.39, 0.29) is 11.8 Å². The fourth-order valence-electron chi connectivity index (χ4n) is 2.07. The quantitative estimate of drug-likeness (QED) is 0.801. The molecule has 1 heterocycles. The maximum Gasteiger partial charge on any atom is 0.407 e. The molecule has 1 aliphatic heterocycles. The van der Waals surface area contributed by atoms with Crippen molar-refractivity contribution in [3.63, 3.8) is 0 Å². The van der Waals surface area contributed by atoms with Gasteiger partial charge in [0.1, 0.15) is 0 Å². The fourth-order valence-corrected chi connectivity index (χ4v) is 3.75. The highest BCUT2D eigenvalue weighted by Gasteiger charge is 2.28. The average Bonchev–Trinajstić information content (AvgIpc) is 2.37. The molecule has 1 rings (SSSR count). The number of hydrogen-bond donors (Lipinski definition) is 1. The van der Waals surface area contributed by atoms with Crippen LogP contribution in [0.4, 0.5) is 4.79 Å². The van der Waals surface area contributed by atoms with E-state index in [1.165, 1.54) is 4.31 Å². The summed E-state index contributed by atoms with van der Waals surface area (Å²) in [4.78, 5) is 11.3. The zero-order chi connectivity index (χ0) is 14.3. The summed E-state index contributed by atoms with van der Waals surface area (Å²) in [5, 5.41) is 2.75. The number of carbonyl (C=O) groups excluding carboxylic acids is 1. The molecule has 1 fully saturated rings. The molecule has 6 nitrogen and oxygen atoms in total. The minimum atomic E-state index is -3.12. The normalized spacial score (nSPS) is 18.2. The lowest BCUT2D eigenvalue weighted by Crippen LogP contribution is -2.47. The number of carbonyl (C=O) groups is 1. The van der Waals surface area contributed by atoms with Gasteiger partial charge in [0.15, 0.2) is 0 Å². The molecule has 0 aliphatic carbocycles. The Labute approximate surface area is 115 Å². The van der Waals surface area contributed by atoms with Crippen LogP contribution in [0.1, 0.15) is 39.5 Å². The van der Waals surface area contributed by atoms with Crippen molar-refractivity contribution >= 4 is 16.1 Å². The van der Waals surface area contributed by atoms with Crippen LogP contribution in [0.15, 0.2) is 0 Å². The van der Waals surface area contributed by atoms with Gasteiger partial charge in [-0.1, -0.05) is 13.3 Å². The van der Waals surface area contributed by atoms with Crippen molar-refractivity contribution in [2.24, 2.45) is 0 Å². The predicted molar refractivity (Wildman–Crippen MR) is 73.4 cm³/mol. The first-order chi connectivity index (χ1) is 8.99. The van der Waals surface area contributed by atoms with Gasteiger partial charge < -0.3 is 10.1 Å². The first-order valence-corrected chi connectivity index (χ1v) is 8.51. The van der Waals surface area contributed by atoms with Crippen LogP contribution < -0.4 is 5.32 Å². The van der Waals surface area contributed by atoms with Gasteiger partial charge in [-0.3, -0.25) is 0 Å². The molecular weight excluding hydrogens is 268 g/mol. The monoisotopic (exact) mass is 292 g/mol. The van der Waals surface area contributed by atoms with Crippen molar-refractivity contribution in [3.8, 4) is 0 Å². The van der Waals surface area contributed by atoms with Crippen LogP contribution >= 0.6 is 0 Å². The van der Waals surface area contributed by atoms with E-state index >= 15 is 0 Å². The summed E-state index contributed by atoms with van der Waals surface area (Å²) in [7, 11) is -3.12. The third kappa shape index (κ3) is 5.36. The van der Waals surface area contributed by atoms with Crippen LogP contribution in [0.25, 0.3) is 0 Å². The summed E-state index contributed by atoms with van der Waals surface area (Å²) in [5.74, 6) is 0.222. The Bertz CT molecular complexity index is 375. The molecule has 1 amide bonds. The van der Waals surface area contributed by atoms with Crippen molar-refractivity contribution in [2.75, 3.05) is 25.4 Å². The summed E-state index contributed by atoms with van der Waals surface area (Å²) in [6.45, 7) is 5.02. The van der Waals surface area contributed by atoms with Gasteiger partial charge in [-0.05, 0) is 26.2 Å². The first kappa shape index (κ1) is 16.2. The molecule has 0 atom stereocenters. The number of nitrogens with one attached hydrogen (secondary N) is 1. The van der Waals surface area contributed by atoms with Crippen molar-refractivity contribution in [2.45, 2.75) is 45.6 Å². The highest BCUT2D eigenvalue weighted by molar-refractivity contribution is 7.89. The molecular formula is C12H24N2O4S. The van der Waals surface area contributed by atoms with E-state index in [0.29, 0.717) is 39.0 Å². The van der Waals surface area contributed by atoms with E-state index in [4.69, 9.17) is 4.74 Å². The van der Waals surface area contributed by atoms with Crippen LogP contribution in [-0.2, 0) is 14.8 Å². The van der Waals surface area contributed by atoms with E-state index in [1.54, 1.807) is 6.92 Å². The average molecular weight is 292 g/mol.